The van der Waals surface area contributed by atoms with E-state index in [-0.39, 0.29) is 24.4 Å². The zero-order chi connectivity index (χ0) is 23.8. The van der Waals surface area contributed by atoms with E-state index in [1.807, 2.05) is 18.2 Å². The molecule has 33 heavy (non-hydrogen) atoms. The Morgan fingerprint density at radius 2 is 1.67 bits per heavy atom. The van der Waals surface area contributed by atoms with Gasteiger partial charge in [0.05, 0.1) is 5.69 Å². The third-order valence-electron chi connectivity index (χ3n) is 4.61. The van der Waals surface area contributed by atoms with E-state index in [2.05, 4.69) is 10.3 Å². The molecule has 0 aliphatic heterocycles. The van der Waals surface area contributed by atoms with Gasteiger partial charge in [0, 0.05) is 29.6 Å². The molecule has 0 saturated heterocycles. The number of aromatic nitrogens is 1. The van der Waals surface area contributed by atoms with Crippen molar-refractivity contribution in [3.05, 3.63) is 89.2 Å². The van der Waals surface area contributed by atoms with Crippen molar-refractivity contribution in [1.29, 1.82) is 0 Å². The van der Waals surface area contributed by atoms with Gasteiger partial charge >= 0.3 is 5.91 Å². The number of Topliss-reactive ketones (excluding diaryl/α,β-unsaturated/α-hetero) is 2. The number of hydrogen-bond donors (Lipinski definition) is 4. The predicted octanol–water partition coefficient (Wildman–Crippen LogP) is 1.11. The van der Waals surface area contributed by atoms with Crippen LogP contribution in [0.1, 0.15) is 32.0 Å². The summed E-state index contributed by atoms with van der Waals surface area (Å²) in [5.74, 6) is 1.37. The summed E-state index contributed by atoms with van der Waals surface area (Å²) in [6.45, 7) is 0.357. The average molecular weight is 447 g/mol. The number of nitrogens with two attached hydrogens (primary N) is 2. The Balaban J connectivity index is 1.71. The first-order valence-corrected chi connectivity index (χ1v) is 9.79. The Bertz CT molecular complexity index is 1180. The molecule has 3 rings (SSSR count). The van der Waals surface area contributed by atoms with E-state index in [4.69, 9.17) is 16.3 Å². The van der Waals surface area contributed by atoms with Gasteiger partial charge in [-0.15, -0.1) is 0 Å². The summed E-state index contributed by atoms with van der Waals surface area (Å²) in [5.41, 5.74) is 9.12. The second kappa shape index (κ2) is 10.8. The van der Waals surface area contributed by atoms with Gasteiger partial charge in [-0.05, 0) is 48.0 Å². The lowest BCUT2D eigenvalue weighted by atomic mass is 10.0. The number of pyridine rings is 1. The van der Waals surface area contributed by atoms with Gasteiger partial charge in [0.1, 0.15) is 12.4 Å². The minimum atomic E-state index is -1.32. The van der Waals surface area contributed by atoms with Crippen molar-refractivity contribution in [2.75, 3.05) is 5.32 Å². The molecule has 10 nitrogen and oxygen atoms in total. The summed E-state index contributed by atoms with van der Waals surface area (Å²) < 4.78 is 5.65. The summed E-state index contributed by atoms with van der Waals surface area (Å²) in [7, 11) is 0. The van der Waals surface area contributed by atoms with Gasteiger partial charge in [-0.25, -0.2) is 5.84 Å². The van der Waals surface area contributed by atoms with Crippen LogP contribution in [0.15, 0.2) is 66.9 Å². The number of ketones is 2. The van der Waals surface area contributed by atoms with Gasteiger partial charge in [-0.1, -0.05) is 18.2 Å². The molecule has 0 unspecified atom stereocenters. The van der Waals surface area contributed by atoms with Gasteiger partial charge in [-0.3, -0.25) is 29.6 Å². The Hall–Kier alpha value is -4.41. The molecule has 0 fully saturated rings. The number of benzene rings is 2. The molecule has 10 heteroatoms. The van der Waals surface area contributed by atoms with E-state index in [0.29, 0.717) is 16.9 Å². The highest BCUT2D eigenvalue weighted by molar-refractivity contribution is 6.66. The van der Waals surface area contributed by atoms with E-state index in [0.717, 1.165) is 5.69 Å². The Kier molecular flexibility index (Phi) is 7.58. The molecule has 0 aliphatic rings. The first-order chi connectivity index (χ1) is 15.9. The molecule has 0 aliphatic carbocycles. The number of rotatable bonds is 9. The van der Waals surface area contributed by atoms with Gasteiger partial charge in [0.2, 0.25) is 5.78 Å². The van der Waals surface area contributed by atoms with Crippen LogP contribution >= 0.6 is 0 Å². The predicted molar refractivity (Wildman–Crippen MR) is 119 cm³/mol. The molecule has 2 amide bonds. The van der Waals surface area contributed by atoms with Gasteiger partial charge < -0.3 is 15.8 Å². The van der Waals surface area contributed by atoms with Crippen molar-refractivity contribution < 1.29 is 23.9 Å². The highest BCUT2D eigenvalue weighted by Crippen LogP contribution is 2.20. The van der Waals surface area contributed by atoms with Crippen molar-refractivity contribution in [2.45, 2.75) is 13.2 Å². The summed E-state index contributed by atoms with van der Waals surface area (Å²) in [5, 5.41) is 2.67. The number of nitrogens with zero attached hydrogens (tertiary/aromatic N) is 1. The van der Waals surface area contributed by atoms with Gasteiger partial charge in [0.15, 0.2) is 0 Å². The molecule has 0 bridgehead atoms. The van der Waals surface area contributed by atoms with Crippen LogP contribution in [0.2, 0.25) is 0 Å². The Morgan fingerprint density at radius 3 is 2.30 bits per heavy atom. The number of ether oxygens (including phenoxy) is 1. The number of carbonyl (C=O) groups is 4. The molecule has 2 aromatic carbocycles. The summed E-state index contributed by atoms with van der Waals surface area (Å²) >= 11 is 0. The molecule has 1 aromatic heterocycles. The lowest BCUT2D eigenvalue weighted by Crippen LogP contribution is -2.39. The van der Waals surface area contributed by atoms with Crippen LogP contribution in [0.5, 0.6) is 5.75 Å². The molecular formula is C23H21N5O5. The molecule has 168 valence electrons. The largest absolute Gasteiger partial charge is 0.487 e. The second-order valence-corrected chi connectivity index (χ2v) is 6.80. The first kappa shape index (κ1) is 23.3. The fourth-order valence-electron chi connectivity index (χ4n) is 2.85. The number of hydrazine groups is 1. The topological polar surface area (TPSA) is 166 Å². The number of hydrogen-bond acceptors (Lipinski definition) is 8. The van der Waals surface area contributed by atoms with E-state index >= 15 is 0 Å². The van der Waals surface area contributed by atoms with Crippen LogP contribution in [0.4, 0.5) is 5.69 Å². The second-order valence-electron chi connectivity index (χ2n) is 6.80. The fraction of sp³-hybridized carbons (Fsp3) is 0.0870. The van der Waals surface area contributed by atoms with Crippen LogP contribution in [0.25, 0.3) is 0 Å². The number of carbonyl (C=O) groups excluding carboxylic acids is 4. The average Bonchev–Trinajstić information content (AvgIpc) is 2.86. The quantitative estimate of drug-likeness (QED) is 0.0945. The molecular weight excluding hydrogens is 426 g/mol. The van der Waals surface area contributed by atoms with Crippen molar-refractivity contribution in [3.63, 3.8) is 0 Å². The first-order valence-electron chi connectivity index (χ1n) is 9.79. The highest BCUT2D eigenvalue weighted by Gasteiger charge is 2.24. The maximum Gasteiger partial charge on any atom is 0.309 e. The Morgan fingerprint density at radius 1 is 0.939 bits per heavy atom. The van der Waals surface area contributed by atoms with Crippen LogP contribution in [0, 0.1) is 0 Å². The summed E-state index contributed by atoms with van der Waals surface area (Å²) in [6, 6.07) is 16.1. The highest BCUT2D eigenvalue weighted by atomic mass is 16.5. The van der Waals surface area contributed by atoms with Crippen LogP contribution < -0.4 is 27.1 Å². The van der Waals surface area contributed by atoms with E-state index < -0.39 is 23.4 Å². The van der Waals surface area contributed by atoms with Crippen LogP contribution in [-0.4, -0.2) is 28.4 Å². The molecule has 0 saturated carbocycles. The lowest BCUT2D eigenvalue weighted by Gasteiger charge is -2.12. The minimum Gasteiger partial charge on any atom is -0.487 e. The van der Waals surface area contributed by atoms with Crippen molar-refractivity contribution in [2.24, 2.45) is 11.6 Å². The third-order valence-corrected chi connectivity index (χ3v) is 4.61. The monoisotopic (exact) mass is 447 g/mol. The van der Waals surface area contributed by atoms with Crippen LogP contribution in [0.3, 0.4) is 0 Å². The van der Waals surface area contributed by atoms with Gasteiger partial charge in [-0.2, -0.15) is 0 Å². The van der Waals surface area contributed by atoms with E-state index in [1.165, 1.54) is 18.2 Å². The zero-order valence-electron chi connectivity index (χ0n) is 17.4. The van der Waals surface area contributed by atoms with Gasteiger partial charge in [0.25, 0.3) is 11.7 Å². The molecule has 3 aromatic rings. The third kappa shape index (κ3) is 5.85. The van der Waals surface area contributed by atoms with Crippen LogP contribution in [-0.2, 0) is 22.7 Å². The Labute approximate surface area is 188 Å². The van der Waals surface area contributed by atoms with E-state index in [1.54, 1.807) is 35.9 Å². The maximum absolute atomic E-state index is 12.7. The van der Waals surface area contributed by atoms with E-state index in [9.17, 15) is 19.2 Å². The van der Waals surface area contributed by atoms with Crippen molar-refractivity contribution >= 4 is 29.1 Å². The maximum atomic E-state index is 12.7. The number of anilines is 1. The smallest absolute Gasteiger partial charge is 0.309 e. The standard InChI is InChI=1S/C23H21N5O5/c24-12-16-5-4-15(20(29)21(30)23(32)28-25)11-19(16)27-22(31)14-6-8-18(9-7-14)33-13-17-3-1-2-10-26-17/h1-11H,12-13,24-25H2,(H,27,31)(H,28,32). The summed E-state index contributed by atoms with van der Waals surface area (Å²) in [6.07, 6.45) is 1.67. The molecule has 0 atom stereocenters. The number of amides is 2. The molecule has 0 spiro atoms. The molecule has 0 radical (unpaired) electrons. The SMILES string of the molecule is NCc1ccc(C(=O)C(=O)C(=O)NN)cc1NC(=O)c1ccc(OCc2ccccn2)cc1. The van der Waals surface area contributed by atoms with Crippen molar-refractivity contribution in [3.8, 4) is 5.75 Å². The summed E-state index contributed by atoms with van der Waals surface area (Å²) in [4.78, 5) is 52.2. The molecule has 6 N–H and O–H groups in total. The number of nitrogens with one attached hydrogen (secondary N) is 2. The molecule has 1 heterocycles. The van der Waals surface area contributed by atoms with Crippen molar-refractivity contribution in [1.82, 2.24) is 10.4 Å². The lowest BCUT2D eigenvalue weighted by molar-refractivity contribution is -0.135. The fourth-order valence-corrected chi connectivity index (χ4v) is 2.85. The normalized spacial score (nSPS) is 10.2. The minimum absolute atomic E-state index is 0.0710. The zero-order valence-corrected chi connectivity index (χ0v) is 17.4.